The number of aliphatic hydroxyl groups excluding tert-OH is 1. The SMILES string of the molecule is Cc1[nH]nc(CO)c1S(=O)(=O)NC1CCCCCC1C. The van der Waals surface area contributed by atoms with Crippen molar-refractivity contribution in [2.45, 2.75) is 63.5 Å². The molecule has 0 aromatic carbocycles. The Bertz CT molecular complexity index is 553. The molecule has 1 aromatic heterocycles. The second-order valence-corrected chi connectivity index (χ2v) is 7.28. The van der Waals surface area contributed by atoms with Gasteiger partial charge < -0.3 is 5.11 Å². The zero-order chi connectivity index (χ0) is 14.8. The smallest absolute Gasteiger partial charge is 0.244 e. The van der Waals surface area contributed by atoms with E-state index in [1.54, 1.807) is 6.92 Å². The number of nitrogens with zero attached hydrogens (tertiary/aromatic N) is 1. The summed E-state index contributed by atoms with van der Waals surface area (Å²) in [7, 11) is -3.64. The summed E-state index contributed by atoms with van der Waals surface area (Å²) in [6.45, 7) is 3.35. The number of aryl methyl sites for hydroxylation is 1. The van der Waals surface area contributed by atoms with Gasteiger partial charge in [-0.05, 0) is 25.7 Å². The summed E-state index contributed by atoms with van der Waals surface area (Å²) in [5.41, 5.74) is 0.638. The molecule has 6 nitrogen and oxygen atoms in total. The van der Waals surface area contributed by atoms with Crippen LogP contribution in [-0.2, 0) is 16.6 Å². The fourth-order valence-electron chi connectivity index (χ4n) is 2.86. The van der Waals surface area contributed by atoms with Crippen LogP contribution in [-0.4, -0.2) is 29.8 Å². The van der Waals surface area contributed by atoms with Gasteiger partial charge in [-0.1, -0.05) is 26.2 Å². The van der Waals surface area contributed by atoms with E-state index in [1.165, 1.54) is 0 Å². The maximum atomic E-state index is 12.5. The molecule has 20 heavy (non-hydrogen) atoms. The standard InChI is InChI=1S/C13H23N3O3S/c1-9-6-4-3-5-7-11(9)16-20(18,19)13-10(2)14-15-12(13)8-17/h9,11,16-17H,3-8H2,1-2H3,(H,14,15). The van der Waals surface area contributed by atoms with Crippen molar-refractivity contribution in [2.24, 2.45) is 5.92 Å². The van der Waals surface area contributed by atoms with E-state index in [-0.39, 0.29) is 23.2 Å². The lowest BCUT2D eigenvalue weighted by Crippen LogP contribution is -2.39. The normalized spacial score (nSPS) is 24.6. The summed E-state index contributed by atoms with van der Waals surface area (Å²) in [5, 5.41) is 15.7. The van der Waals surface area contributed by atoms with Gasteiger partial charge in [0, 0.05) is 6.04 Å². The van der Waals surface area contributed by atoms with Crippen LogP contribution >= 0.6 is 0 Å². The monoisotopic (exact) mass is 301 g/mol. The third-order valence-corrected chi connectivity index (χ3v) is 5.74. The molecule has 3 N–H and O–H groups in total. The number of H-pyrrole nitrogens is 1. The first-order chi connectivity index (χ1) is 9.45. The van der Waals surface area contributed by atoms with Gasteiger partial charge in [0.05, 0.1) is 12.3 Å². The van der Waals surface area contributed by atoms with E-state index in [1.807, 2.05) is 0 Å². The highest BCUT2D eigenvalue weighted by molar-refractivity contribution is 7.89. The number of nitrogens with one attached hydrogen (secondary N) is 2. The van der Waals surface area contributed by atoms with Crippen LogP contribution in [0.3, 0.4) is 0 Å². The largest absolute Gasteiger partial charge is 0.390 e. The Morgan fingerprint density at radius 2 is 2.05 bits per heavy atom. The average molecular weight is 301 g/mol. The van der Waals surface area contributed by atoms with Gasteiger partial charge in [0.15, 0.2) is 0 Å². The van der Waals surface area contributed by atoms with Crippen LogP contribution in [0.5, 0.6) is 0 Å². The van der Waals surface area contributed by atoms with E-state index >= 15 is 0 Å². The van der Waals surface area contributed by atoms with Crippen molar-refractivity contribution >= 4 is 10.0 Å². The molecule has 0 spiro atoms. The molecule has 0 saturated heterocycles. The molecule has 0 radical (unpaired) electrons. The second kappa shape index (κ2) is 6.24. The number of hydrogen-bond donors (Lipinski definition) is 3. The molecule has 2 atom stereocenters. The minimum atomic E-state index is -3.64. The summed E-state index contributed by atoms with van der Waals surface area (Å²) >= 11 is 0. The molecule has 1 aliphatic carbocycles. The highest BCUT2D eigenvalue weighted by Crippen LogP contribution is 2.25. The highest BCUT2D eigenvalue weighted by Gasteiger charge is 2.29. The number of aromatic nitrogens is 2. The van der Waals surface area contributed by atoms with Crippen molar-refractivity contribution in [3.63, 3.8) is 0 Å². The minimum absolute atomic E-state index is 0.0386. The Hall–Kier alpha value is -0.920. The van der Waals surface area contributed by atoms with Crippen LogP contribution in [0.1, 0.15) is 50.4 Å². The fraction of sp³-hybridized carbons (Fsp3) is 0.769. The van der Waals surface area contributed by atoms with Gasteiger partial charge in [0.1, 0.15) is 10.6 Å². The molecule has 2 rings (SSSR count). The maximum Gasteiger partial charge on any atom is 0.244 e. The third kappa shape index (κ3) is 3.21. The Balaban J connectivity index is 2.24. The Kier molecular flexibility index (Phi) is 4.82. The van der Waals surface area contributed by atoms with E-state index in [9.17, 15) is 13.5 Å². The molecule has 0 aliphatic heterocycles. The van der Waals surface area contributed by atoms with E-state index in [2.05, 4.69) is 21.8 Å². The van der Waals surface area contributed by atoms with Gasteiger partial charge in [-0.15, -0.1) is 0 Å². The summed E-state index contributed by atoms with van der Waals surface area (Å²) in [4.78, 5) is 0.0939. The first kappa shape index (κ1) is 15.5. The lowest BCUT2D eigenvalue weighted by atomic mass is 9.98. The van der Waals surface area contributed by atoms with Gasteiger partial charge in [-0.3, -0.25) is 5.10 Å². The molecule has 1 aliphatic rings. The molecule has 1 heterocycles. The Morgan fingerprint density at radius 3 is 2.75 bits per heavy atom. The summed E-state index contributed by atoms with van der Waals surface area (Å²) < 4.78 is 27.9. The minimum Gasteiger partial charge on any atom is -0.390 e. The predicted octanol–water partition coefficient (Wildman–Crippen LogP) is 1.46. The molecule has 7 heteroatoms. The predicted molar refractivity (Wildman–Crippen MR) is 75.6 cm³/mol. The summed E-state index contributed by atoms with van der Waals surface area (Å²) in [6.07, 6.45) is 5.28. The number of aromatic amines is 1. The molecule has 1 saturated carbocycles. The second-order valence-electron chi connectivity index (χ2n) is 5.63. The van der Waals surface area contributed by atoms with Crippen molar-refractivity contribution in [2.75, 3.05) is 0 Å². The number of aliphatic hydroxyl groups is 1. The lowest BCUT2D eigenvalue weighted by Gasteiger charge is -2.22. The summed E-state index contributed by atoms with van der Waals surface area (Å²) in [5.74, 6) is 0.331. The molecule has 0 amide bonds. The van der Waals surface area contributed by atoms with E-state index < -0.39 is 10.0 Å². The number of hydrogen-bond acceptors (Lipinski definition) is 4. The Morgan fingerprint density at radius 1 is 1.35 bits per heavy atom. The quantitative estimate of drug-likeness (QED) is 0.734. The first-order valence-electron chi connectivity index (χ1n) is 7.12. The average Bonchev–Trinajstić information content (AvgIpc) is 2.67. The van der Waals surface area contributed by atoms with Crippen molar-refractivity contribution in [1.29, 1.82) is 0 Å². The van der Waals surface area contributed by atoms with Crippen molar-refractivity contribution in [3.8, 4) is 0 Å². The van der Waals surface area contributed by atoms with E-state index in [0.717, 1.165) is 32.1 Å². The maximum absolute atomic E-state index is 12.5. The van der Waals surface area contributed by atoms with Gasteiger partial charge in [-0.2, -0.15) is 5.10 Å². The van der Waals surface area contributed by atoms with Crippen LogP contribution in [0.4, 0.5) is 0 Å². The Labute approximate surface area is 120 Å². The highest BCUT2D eigenvalue weighted by atomic mass is 32.2. The topological polar surface area (TPSA) is 95.1 Å². The molecular formula is C13H23N3O3S. The van der Waals surface area contributed by atoms with Crippen LogP contribution in [0.25, 0.3) is 0 Å². The van der Waals surface area contributed by atoms with Gasteiger partial charge >= 0.3 is 0 Å². The molecule has 2 unspecified atom stereocenters. The van der Waals surface area contributed by atoms with Crippen LogP contribution in [0.2, 0.25) is 0 Å². The zero-order valence-corrected chi connectivity index (χ0v) is 12.8. The third-order valence-electron chi connectivity index (χ3n) is 4.05. The lowest BCUT2D eigenvalue weighted by molar-refractivity contribution is 0.273. The van der Waals surface area contributed by atoms with Crippen LogP contribution in [0, 0.1) is 12.8 Å². The van der Waals surface area contributed by atoms with E-state index in [4.69, 9.17) is 0 Å². The molecule has 1 fully saturated rings. The van der Waals surface area contributed by atoms with Gasteiger partial charge in [0.2, 0.25) is 10.0 Å². The molecule has 114 valence electrons. The van der Waals surface area contributed by atoms with Crippen molar-refractivity contribution < 1.29 is 13.5 Å². The molecular weight excluding hydrogens is 278 g/mol. The van der Waals surface area contributed by atoms with Crippen molar-refractivity contribution in [3.05, 3.63) is 11.4 Å². The number of sulfonamides is 1. The first-order valence-corrected chi connectivity index (χ1v) is 8.61. The fourth-order valence-corrected chi connectivity index (χ4v) is 4.60. The zero-order valence-electron chi connectivity index (χ0n) is 12.0. The van der Waals surface area contributed by atoms with Gasteiger partial charge in [-0.25, -0.2) is 13.1 Å². The summed E-state index contributed by atoms with van der Waals surface area (Å²) in [6, 6.07) is -0.0386. The number of rotatable bonds is 4. The van der Waals surface area contributed by atoms with E-state index in [0.29, 0.717) is 11.6 Å². The van der Waals surface area contributed by atoms with Crippen LogP contribution < -0.4 is 4.72 Å². The van der Waals surface area contributed by atoms with Gasteiger partial charge in [0.25, 0.3) is 0 Å². The molecule has 0 bridgehead atoms. The molecule has 1 aromatic rings. The van der Waals surface area contributed by atoms with Crippen molar-refractivity contribution in [1.82, 2.24) is 14.9 Å². The van der Waals surface area contributed by atoms with Crippen LogP contribution in [0.15, 0.2) is 4.90 Å².